The number of hydrogen-bond acceptors (Lipinski definition) is 4. The summed E-state index contributed by atoms with van der Waals surface area (Å²) in [5.74, 6) is 0.732. The third kappa shape index (κ3) is 3.05. The van der Waals surface area contributed by atoms with E-state index in [0.717, 1.165) is 21.9 Å². The lowest BCUT2D eigenvalue weighted by atomic mass is 10.1. The molecule has 17 heavy (non-hydrogen) atoms. The van der Waals surface area contributed by atoms with Crippen molar-refractivity contribution in [2.45, 2.75) is 26.6 Å². The Labute approximate surface area is 105 Å². The molecule has 0 amide bonds. The van der Waals surface area contributed by atoms with Gasteiger partial charge in [0.25, 0.3) is 0 Å². The van der Waals surface area contributed by atoms with Crippen LogP contribution in [0.3, 0.4) is 0 Å². The largest absolute Gasteiger partial charge is 0.486 e. The van der Waals surface area contributed by atoms with E-state index in [2.05, 4.69) is 4.98 Å². The summed E-state index contributed by atoms with van der Waals surface area (Å²) < 4.78 is 5.71. The first-order valence-corrected chi connectivity index (χ1v) is 6.34. The Morgan fingerprint density at radius 1 is 1.47 bits per heavy atom. The highest BCUT2D eigenvalue weighted by Gasteiger charge is 2.09. The zero-order valence-corrected chi connectivity index (χ0v) is 10.7. The lowest BCUT2D eigenvalue weighted by molar-refractivity contribution is 0.190. The van der Waals surface area contributed by atoms with Gasteiger partial charge in [-0.2, -0.15) is 0 Å². The van der Waals surface area contributed by atoms with Crippen LogP contribution in [0.15, 0.2) is 29.8 Å². The Balaban J connectivity index is 2.16. The molecular weight excluding hydrogens is 234 g/mol. The van der Waals surface area contributed by atoms with E-state index in [0.29, 0.717) is 6.61 Å². The van der Waals surface area contributed by atoms with Gasteiger partial charge in [0, 0.05) is 17.1 Å². The summed E-state index contributed by atoms with van der Waals surface area (Å²) in [5.41, 5.74) is 1.93. The molecule has 1 aromatic heterocycles. The average molecular weight is 249 g/mol. The van der Waals surface area contributed by atoms with Crippen LogP contribution in [0.4, 0.5) is 0 Å². The molecule has 90 valence electrons. The van der Waals surface area contributed by atoms with Gasteiger partial charge in [-0.05, 0) is 25.5 Å². The smallest absolute Gasteiger partial charge is 0.140 e. The van der Waals surface area contributed by atoms with E-state index >= 15 is 0 Å². The van der Waals surface area contributed by atoms with Gasteiger partial charge in [-0.1, -0.05) is 12.1 Å². The Morgan fingerprint density at radius 3 is 2.94 bits per heavy atom. The number of nitrogens with zero attached hydrogens (tertiary/aromatic N) is 1. The van der Waals surface area contributed by atoms with Gasteiger partial charge in [-0.15, -0.1) is 11.3 Å². The molecule has 0 radical (unpaired) electrons. The van der Waals surface area contributed by atoms with Crippen LogP contribution in [-0.4, -0.2) is 10.1 Å². The molecule has 1 aromatic carbocycles. The molecule has 2 aromatic rings. The lowest BCUT2D eigenvalue weighted by Crippen LogP contribution is -2.01. The zero-order chi connectivity index (χ0) is 12.3. The van der Waals surface area contributed by atoms with Crippen LogP contribution in [0.2, 0.25) is 0 Å². The van der Waals surface area contributed by atoms with Crippen molar-refractivity contribution < 1.29 is 9.84 Å². The summed E-state index contributed by atoms with van der Waals surface area (Å²) in [6.45, 7) is 4.18. The molecule has 1 N–H and O–H groups in total. The number of aryl methyl sites for hydroxylation is 1. The zero-order valence-electron chi connectivity index (χ0n) is 9.88. The fourth-order valence-corrected chi connectivity index (χ4v) is 2.10. The molecule has 0 aliphatic heterocycles. The molecule has 2 rings (SSSR count). The highest BCUT2D eigenvalue weighted by atomic mass is 32.1. The first-order chi connectivity index (χ1) is 8.16. The third-order valence-corrected chi connectivity index (χ3v) is 3.21. The minimum atomic E-state index is -0.526. The molecule has 1 heterocycles. The number of ether oxygens (including phenoxy) is 1. The lowest BCUT2D eigenvalue weighted by Gasteiger charge is -2.13. The predicted molar refractivity (Wildman–Crippen MR) is 68.3 cm³/mol. The molecule has 0 unspecified atom stereocenters. The van der Waals surface area contributed by atoms with Gasteiger partial charge in [0.2, 0.25) is 0 Å². The van der Waals surface area contributed by atoms with E-state index in [1.807, 2.05) is 30.5 Å². The van der Waals surface area contributed by atoms with Crippen LogP contribution in [0.1, 0.15) is 29.2 Å². The Morgan fingerprint density at radius 2 is 2.29 bits per heavy atom. The minimum Gasteiger partial charge on any atom is -0.486 e. The Hall–Kier alpha value is -1.39. The Kier molecular flexibility index (Phi) is 3.76. The van der Waals surface area contributed by atoms with Crippen molar-refractivity contribution >= 4 is 11.3 Å². The predicted octanol–water partition coefficient (Wildman–Crippen LogP) is 3.08. The fraction of sp³-hybridized carbons (Fsp3) is 0.308. The van der Waals surface area contributed by atoms with Crippen LogP contribution < -0.4 is 4.74 Å². The van der Waals surface area contributed by atoms with Crippen LogP contribution >= 0.6 is 11.3 Å². The minimum absolute atomic E-state index is 0.445. The van der Waals surface area contributed by atoms with E-state index in [1.165, 1.54) is 0 Å². The van der Waals surface area contributed by atoms with Crippen LogP contribution in [0.5, 0.6) is 5.75 Å². The van der Waals surface area contributed by atoms with E-state index in [9.17, 15) is 5.11 Å². The molecule has 0 bridgehead atoms. The van der Waals surface area contributed by atoms with Gasteiger partial charge >= 0.3 is 0 Å². The van der Waals surface area contributed by atoms with E-state index in [4.69, 9.17) is 4.74 Å². The number of aliphatic hydroxyl groups is 1. The van der Waals surface area contributed by atoms with Crippen molar-refractivity contribution in [3.63, 3.8) is 0 Å². The fourth-order valence-electron chi connectivity index (χ4n) is 1.58. The number of benzene rings is 1. The molecule has 4 heteroatoms. The maximum Gasteiger partial charge on any atom is 0.140 e. The SMILES string of the molecule is Cc1ccc([C@H](C)O)c(OCc2nccs2)c1. The number of rotatable bonds is 4. The number of thiazole rings is 1. The second kappa shape index (κ2) is 5.29. The molecule has 0 spiro atoms. The van der Waals surface area contributed by atoms with Crippen molar-refractivity contribution in [3.8, 4) is 5.75 Å². The highest BCUT2D eigenvalue weighted by Crippen LogP contribution is 2.27. The van der Waals surface area contributed by atoms with Crippen molar-refractivity contribution in [2.75, 3.05) is 0 Å². The van der Waals surface area contributed by atoms with Gasteiger partial charge in [0.15, 0.2) is 0 Å². The van der Waals surface area contributed by atoms with Crippen LogP contribution in [-0.2, 0) is 6.61 Å². The second-order valence-electron chi connectivity index (χ2n) is 3.93. The molecule has 0 saturated carbocycles. The van der Waals surface area contributed by atoms with Gasteiger partial charge in [0.1, 0.15) is 17.4 Å². The van der Waals surface area contributed by atoms with Crippen molar-refractivity contribution in [3.05, 3.63) is 45.9 Å². The van der Waals surface area contributed by atoms with Crippen molar-refractivity contribution in [1.82, 2.24) is 4.98 Å². The summed E-state index contributed by atoms with van der Waals surface area (Å²) in [4.78, 5) is 4.16. The van der Waals surface area contributed by atoms with Gasteiger partial charge in [-0.3, -0.25) is 0 Å². The molecule has 1 atom stereocenters. The molecule has 0 saturated heterocycles. The van der Waals surface area contributed by atoms with E-state index < -0.39 is 6.10 Å². The standard InChI is InChI=1S/C13H15NO2S/c1-9-3-4-11(10(2)15)12(7-9)16-8-13-14-5-6-17-13/h3-7,10,15H,8H2,1-2H3/t10-/m0/s1. The summed E-state index contributed by atoms with van der Waals surface area (Å²) in [7, 11) is 0. The molecule has 0 aliphatic carbocycles. The number of aliphatic hydroxyl groups excluding tert-OH is 1. The maximum atomic E-state index is 9.66. The first kappa shape index (κ1) is 12.1. The van der Waals surface area contributed by atoms with Gasteiger partial charge in [0.05, 0.1) is 6.10 Å². The molecular formula is C13H15NO2S. The van der Waals surface area contributed by atoms with Crippen molar-refractivity contribution in [2.24, 2.45) is 0 Å². The average Bonchev–Trinajstić information content (AvgIpc) is 2.78. The van der Waals surface area contributed by atoms with Crippen LogP contribution in [0.25, 0.3) is 0 Å². The summed E-state index contributed by atoms with van der Waals surface area (Å²) in [5, 5.41) is 12.5. The second-order valence-corrected chi connectivity index (χ2v) is 4.91. The third-order valence-electron chi connectivity index (χ3n) is 2.45. The molecule has 0 fully saturated rings. The summed E-state index contributed by atoms with van der Waals surface area (Å²) in [6, 6.07) is 5.81. The number of hydrogen-bond donors (Lipinski definition) is 1. The highest BCUT2D eigenvalue weighted by molar-refractivity contribution is 7.09. The van der Waals surface area contributed by atoms with E-state index in [-0.39, 0.29) is 0 Å². The normalized spacial score (nSPS) is 12.4. The summed E-state index contributed by atoms with van der Waals surface area (Å²) >= 11 is 1.56. The summed E-state index contributed by atoms with van der Waals surface area (Å²) in [6.07, 6.45) is 1.23. The Bertz CT molecular complexity index is 480. The van der Waals surface area contributed by atoms with Crippen LogP contribution in [0, 0.1) is 6.92 Å². The number of aromatic nitrogens is 1. The van der Waals surface area contributed by atoms with Gasteiger partial charge < -0.3 is 9.84 Å². The van der Waals surface area contributed by atoms with Crippen molar-refractivity contribution in [1.29, 1.82) is 0 Å². The first-order valence-electron chi connectivity index (χ1n) is 5.46. The monoisotopic (exact) mass is 249 g/mol. The maximum absolute atomic E-state index is 9.66. The van der Waals surface area contributed by atoms with Gasteiger partial charge in [-0.25, -0.2) is 4.98 Å². The quantitative estimate of drug-likeness (QED) is 0.905. The topological polar surface area (TPSA) is 42.4 Å². The molecule has 3 nitrogen and oxygen atoms in total. The molecule has 0 aliphatic rings. The van der Waals surface area contributed by atoms with E-state index in [1.54, 1.807) is 24.5 Å².